The van der Waals surface area contributed by atoms with Gasteiger partial charge in [-0.1, -0.05) is 141 Å². The normalized spacial score (nSPS) is 11.0. The molecule has 5 heteroatoms. The molecule has 4 nitrogen and oxygen atoms in total. The smallest absolute Gasteiger partial charge is 0.550 e. The zero-order valence-corrected chi connectivity index (χ0v) is 28.9. The average molecular weight is 587 g/mol. The van der Waals surface area contributed by atoms with Crippen molar-refractivity contribution in [2.24, 2.45) is 0 Å². The van der Waals surface area contributed by atoms with Gasteiger partial charge in [-0.3, -0.25) is 0 Å². The van der Waals surface area contributed by atoms with Gasteiger partial charge in [-0.05, 0) is 77.0 Å². The third kappa shape index (κ3) is 49.2. The standard InChI is InChI=1S/2C18H34O2.Mg/c2*1-2-3-4-5-6-7-8-9-10-11-12-13-14-15-16-17-18(19)20;/h2*9-10H,2-8,11-17H2,1H3,(H,19,20);/q;;+2/p-2. The van der Waals surface area contributed by atoms with Crippen LogP contribution in [0.25, 0.3) is 0 Å². The van der Waals surface area contributed by atoms with E-state index in [1.165, 1.54) is 128 Å². The van der Waals surface area contributed by atoms with E-state index in [9.17, 15) is 19.8 Å². The number of carbonyl (C=O) groups excluding carboxylic acids is 2. The Kier molecular flexibility index (Phi) is 45.0. The summed E-state index contributed by atoms with van der Waals surface area (Å²) in [5.41, 5.74) is 0. The van der Waals surface area contributed by atoms with E-state index in [0.717, 1.165) is 38.5 Å². The molecule has 0 radical (unpaired) electrons. The molecule has 0 aromatic carbocycles. The van der Waals surface area contributed by atoms with E-state index in [1.807, 2.05) is 0 Å². The van der Waals surface area contributed by atoms with Crippen LogP contribution >= 0.6 is 0 Å². The van der Waals surface area contributed by atoms with E-state index in [1.54, 1.807) is 0 Å². The van der Waals surface area contributed by atoms with Gasteiger partial charge in [0.25, 0.3) is 0 Å². The van der Waals surface area contributed by atoms with Gasteiger partial charge >= 0.3 is 23.1 Å². The monoisotopic (exact) mass is 586 g/mol. The second-order valence-corrected chi connectivity index (χ2v) is 11.4. The fourth-order valence-corrected chi connectivity index (χ4v) is 4.68. The second-order valence-electron chi connectivity index (χ2n) is 11.4. The van der Waals surface area contributed by atoms with Gasteiger partial charge in [0.1, 0.15) is 0 Å². The van der Waals surface area contributed by atoms with E-state index in [4.69, 9.17) is 0 Å². The molecule has 0 bridgehead atoms. The summed E-state index contributed by atoms with van der Waals surface area (Å²) in [6.45, 7) is 4.51. The van der Waals surface area contributed by atoms with Gasteiger partial charge in [-0.2, -0.15) is 0 Å². The van der Waals surface area contributed by atoms with Crippen LogP contribution in [0.4, 0.5) is 0 Å². The number of rotatable bonds is 30. The molecule has 0 aliphatic rings. The number of hydrogen-bond acceptors (Lipinski definition) is 4. The molecule has 0 saturated heterocycles. The van der Waals surface area contributed by atoms with E-state index in [0.29, 0.717) is 0 Å². The molecular formula is C36H66MgO4. The molecule has 0 rings (SSSR count). The third-order valence-electron chi connectivity index (χ3n) is 7.29. The summed E-state index contributed by atoms with van der Waals surface area (Å²) in [5.74, 6) is -1.83. The van der Waals surface area contributed by atoms with Crippen molar-refractivity contribution in [3.05, 3.63) is 24.3 Å². The molecule has 0 aliphatic heterocycles. The molecule has 0 spiro atoms. The Morgan fingerprint density at radius 1 is 0.390 bits per heavy atom. The molecule has 0 aliphatic carbocycles. The van der Waals surface area contributed by atoms with Crippen molar-refractivity contribution in [3.63, 3.8) is 0 Å². The van der Waals surface area contributed by atoms with E-state index >= 15 is 0 Å². The Morgan fingerprint density at radius 3 is 0.854 bits per heavy atom. The van der Waals surface area contributed by atoms with Crippen LogP contribution in [0, 0.1) is 0 Å². The maximum Gasteiger partial charge on any atom is 2.00 e. The Balaban J connectivity index is -0.000000688. The molecule has 0 unspecified atom stereocenters. The SMILES string of the molecule is CCCCCCCCC=CCCCCCCCC(=O)[O-].CCCCCCCCC=CCCCCCCCC(=O)[O-].[Mg+2]. The Morgan fingerprint density at radius 2 is 0.610 bits per heavy atom. The van der Waals surface area contributed by atoms with Crippen LogP contribution in [0.15, 0.2) is 24.3 Å². The maximum atomic E-state index is 10.2. The number of carboxylic acid groups (broad SMARTS) is 2. The summed E-state index contributed by atoms with van der Waals surface area (Å²) in [6, 6.07) is 0. The summed E-state index contributed by atoms with van der Waals surface area (Å²) in [4.78, 5) is 20.4. The first-order chi connectivity index (χ1) is 19.5. The van der Waals surface area contributed by atoms with Crippen LogP contribution in [0.2, 0.25) is 0 Å². The van der Waals surface area contributed by atoms with Crippen molar-refractivity contribution in [2.75, 3.05) is 0 Å². The first kappa shape index (κ1) is 44.6. The number of allylic oxidation sites excluding steroid dienone is 4. The van der Waals surface area contributed by atoms with Gasteiger partial charge in [-0.25, -0.2) is 0 Å². The summed E-state index contributed by atoms with van der Waals surface area (Å²) >= 11 is 0. The van der Waals surface area contributed by atoms with Gasteiger partial charge < -0.3 is 19.8 Å². The number of unbranched alkanes of at least 4 members (excludes halogenated alkanes) is 22. The van der Waals surface area contributed by atoms with Gasteiger partial charge in [0, 0.05) is 11.9 Å². The van der Waals surface area contributed by atoms with Crippen molar-refractivity contribution < 1.29 is 19.8 Å². The van der Waals surface area contributed by atoms with Gasteiger partial charge in [0.15, 0.2) is 0 Å². The Bertz CT molecular complexity index is 524. The zero-order chi connectivity index (χ0) is 29.8. The van der Waals surface area contributed by atoms with Crippen molar-refractivity contribution in [2.45, 2.75) is 194 Å². The Hall–Kier alpha value is -0.814. The van der Waals surface area contributed by atoms with Crippen molar-refractivity contribution >= 4 is 35.0 Å². The molecule has 41 heavy (non-hydrogen) atoms. The maximum absolute atomic E-state index is 10.2. The van der Waals surface area contributed by atoms with Crippen LogP contribution in [0.3, 0.4) is 0 Å². The molecule has 0 aromatic rings. The first-order valence-electron chi connectivity index (χ1n) is 17.2. The minimum Gasteiger partial charge on any atom is -0.550 e. The molecule has 0 aromatic heterocycles. The van der Waals surface area contributed by atoms with Crippen LogP contribution in [-0.2, 0) is 9.59 Å². The second kappa shape index (κ2) is 41.3. The number of carbonyl (C=O) groups is 2. The van der Waals surface area contributed by atoms with E-state index < -0.39 is 11.9 Å². The van der Waals surface area contributed by atoms with Crippen molar-refractivity contribution in [1.29, 1.82) is 0 Å². The predicted molar refractivity (Wildman–Crippen MR) is 175 cm³/mol. The van der Waals surface area contributed by atoms with Crippen LogP contribution in [-0.4, -0.2) is 35.0 Å². The summed E-state index contributed by atoms with van der Waals surface area (Å²) < 4.78 is 0. The predicted octanol–water partition coefficient (Wildman–Crippen LogP) is 9.17. The minimum absolute atomic E-state index is 0. The molecule has 0 amide bonds. The number of carboxylic acids is 2. The molecule has 0 saturated carbocycles. The molecule has 236 valence electrons. The van der Waals surface area contributed by atoms with Crippen molar-refractivity contribution in [3.8, 4) is 0 Å². The zero-order valence-electron chi connectivity index (χ0n) is 27.4. The largest absolute Gasteiger partial charge is 2.00 e. The minimum atomic E-state index is -0.914. The summed E-state index contributed by atoms with van der Waals surface area (Å²) in [5, 5.41) is 20.4. The van der Waals surface area contributed by atoms with Gasteiger partial charge in [0.05, 0.1) is 0 Å². The summed E-state index contributed by atoms with van der Waals surface area (Å²) in [7, 11) is 0. The van der Waals surface area contributed by atoms with E-state index in [2.05, 4.69) is 38.2 Å². The topological polar surface area (TPSA) is 80.3 Å². The molecule has 0 atom stereocenters. The van der Waals surface area contributed by atoms with Crippen LogP contribution in [0.1, 0.15) is 194 Å². The average Bonchev–Trinajstić information content (AvgIpc) is 2.93. The van der Waals surface area contributed by atoms with Crippen LogP contribution < -0.4 is 10.2 Å². The third-order valence-corrected chi connectivity index (χ3v) is 7.29. The fourth-order valence-electron chi connectivity index (χ4n) is 4.68. The van der Waals surface area contributed by atoms with Crippen LogP contribution in [0.5, 0.6) is 0 Å². The molecule has 0 N–H and O–H groups in total. The van der Waals surface area contributed by atoms with E-state index in [-0.39, 0.29) is 35.9 Å². The van der Waals surface area contributed by atoms with Gasteiger partial charge in [-0.15, -0.1) is 0 Å². The summed E-state index contributed by atoms with van der Waals surface area (Å²) in [6.07, 6.45) is 41.8. The molecular weight excluding hydrogens is 521 g/mol. The molecule has 0 fully saturated rings. The Labute approximate surface area is 271 Å². The molecule has 0 heterocycles. The quantitative estimate of drug-likeness (QED) is 0.0477. The van der Waals surface area contributed by atoms with Gasteiger partial charge in [0.2, 0.25) is 0 Å². The number of hydrogen-bond donors (Lipinski definition) is 0. The fraction of sp³-hybridized carbons (Fsp3) is 0.833. The first-order valence-corrected chi connectivity index (χ1v) is 17.2. The number of aliphatic carboxylic acids is 2. The van der Waals surface area contributed by atoms with Crippen molar-refractivity contribution in [1.82, 2.24) is 0 Å².